The second-order valence-electron chi connectivity index (χ2n) is 7.52. The molecule has 0 radical (unpaired) electrons. The molecule has 0 saturated heterocycles. The molecule has 1 fully saturated rings. The molecular formula is C22H20FN5O2. The fourth-order valence-electron chi connectivity index (χ4n) is 3.96. The number of oxazole rings is 1. The second kappa shape index (κ2) is 7.70. The zero-order valence-electron chi connectivity index (χ0n) is 16.2. The molecule has 0 unspecified atom stereocenters. The minimum atomic E-state index is -0.349. The van der Waals surface area contributed by atoms with Crippen LogP contribution in [0.1, 0.15) is 31.7 Å². The Balaban J connectivity index is 1.28. The third kappa shape index (κ3) is 3.68. The lowest BCUT2D eigenvalue weighted by Gasteiger charge is -2.29. The summed E-state index contributed by atoms with van der Waals surface area (Å²) < 4.78 is 20.6. The lowest BCUT2D eigenvalue weighted by atomic mass is 9.91. The van der Waals surface area contributed by atoms with E-state index in [2.05, 4.69) is 20.4 Å². The van der Waals surface area contributed by atoms with Gasteiger partial charge in [0.25, 0.3) is 11.6 Å². The number of aromatic nitrogens is 4. The van der Waals surface area contributed by atoms with E-state index < -0.39 is 0 Å². The van der Waals surface area contributed by atoms with E-state index in [0.717, 1.165) is 36.9 Å². The van der Waals surface area contributed by atoms with Gasteiger partial charge < -0.3 is 9.73 Å². The lowest BCUT2D eigenvalue weighted by molar-refractivity contribution is 0.302. The van der Waals surface area contributed by atoms with Crippen molar-refractivity contribution in [1.82, 2.24) is 19.7 Å². The maximum absolute atomic E-state index is 13.3. The molecule has 1 saturated carbocycles. The van der Waals surface area contributed by atoms with Gasteiger partial charge in [-0.1, -0.05) is 0 Å². The number of anilines is 1. The number of nitrogens with zero attached hydrogens (tertiary/aromatic N) is 4. The van der Waals surface area contributed by atoms with E-state index in [-0.39, 0.29) is 23.5 Å². The van der Waals surface area contributed by atoms with E-state index in [9.17, 15) is 9.18 Å². The first-order chi connectivity index (χ1) is 14.7. The topological polar surface area (TPSA) is 85.8 Å². The van der Waals surface area contributed by atoms with E-state index in [4.69, 9.17) is 4.42 Å². The van der Waals surface area contributed by atoms with Crippen molar-refractivity contribution in [3.63, 3.8) is 0 Å². The maximum atomic E-state index is 13.3. The smallest absolute Gasteiger partial charge is 0.295 e. The van der Waals surface area contributed by atoms with Crippen molar-refractivity contribution < 1.29 is 8.81 Å². The van der Waals surface area contributed by atoms with Crippen LogP contribution < -0.4 is 10.9 Å². The van der Waals surface area contributed by atoms with Gasteiger partial charge in [-0.05, 0) is 56.0 Å². The summed E-state index contributed by atoms with van der Waals surface area (Å²) in [7, 11) is 0. The van der Waals surface area contributed by atoms with Gasteiger partial charge >= 0.3 is 0 Å². The Labute approximate surface area is 171 Å². The zero-order chi connectivity index (χ0) is 20.5. The Morgan fingerprint density at radius 3 is 2.63 bits per heavy atom. The highest BCUT2D eigenvalue weighted by Gasteiger charge is 2.25. The van der Waals surface area contributed by atoms with Crippen LogP contribution in [0.15, 0.2) is 64.1 Å². The average molecular weight is 405 g/mol. The monoisotopic (exact) mass is 405 g/mol. The first-order valence-corrected chi connectivity index (χ1v) is 9.98. The molecule has 3 aromatic heterocycles. The van der Waals surface area contributed by atoms with Gasteiger partial charge in [-0.3, -0.25) is 9.78 Å². The molecule has 7 nitrogen and oxygen atoms in total. The van der Waals surface area contributed by atoms with Crippen molar-refractivity contribution in [2.75, 3.05) is 5.32 Å². The first kappa shape index (κ1) is 18.5. The molecule has 0 atom stereocenters. The Morgan fingerprint density at radius 2 is 1.83 bits per heavy atom. The van der Waals surface area contributed by atoms with Crippen LogP contribution in [0, 0.1) is 5.82 Å². The van der Waals surface area contributed by atoms with Crippen molar-refractivity contribution in [3.05, 3.63) is 71.0 Å². The molecule has 1 aliphatic carbocycles. The molecule has 5 rings (SSSR count). The second-order valence-corrected chi connectivity index (χ2v) is 7.52. The van der Waals surface area contributed by atoms with Crippen molar-refractivity contribution in [1.29, 1.82) is 0 Å². The van der Waals surface area contributed by atoms with Gasteiger partial charge in [0.1, 0.15) is 11.3 Å². The van der Waals surface area contributed by atoms with Gasteiger partial charge in [-0.2, -0.15) is 10.1 Å². The van der Waals surface area contributed by atoms with Crippen LogP contribution in [0.25, 0.3) is 22.4 Å². The third-order valence-electron chi connectivity index (χ3n) is 5.52. The summed E-state index contributed by atoms with van der Waals surface area (Å²) >= 11 is 0. The van der Waals surface area contributed by atoms with Crippen LogP contribution in [0.5, 0.6) is 0 Å². The van der Waals surface area contributed by atoms with Crippen LogP contribution in [0.4, 0.5) is 10.4 Å². The summed E-state index contributed by atoms with van der Waals surface area (Å²) in [6.07, 6.45) is 6.77. The summed E-state index contributed by atoms with van der Waals surface area (Å²) in [4.78, 5) is 20.8. The molecule has 3 heterocycles. The summed E-state index contributed by atoms with van der Waals surface area (Å²) in [5.74, 6) is -0.349. The number of nitrogens with one attached hydrogen (secondary N) is 1. The first-order valence-electron chi connectivity index (χ1n) is 9.98. The van der Waals surface area contributed by atoms with E-state index in [0.29, 0.717) is 17.1 Å². The van der Waals surface area contributed by atoms with Crippen LogP contribution in [-0.2, 0) is 0 Å². The minimum absolute atomic E-state index is 0.0510. The van der Waals surface area contributed by atoms with Gasteiger partial charge in [0.2, 0.25) is 0 Å². The minimum Gasteiger partial charge on any atom is -0.423 e. The van der Waals surface area contributed by atoms with Crippen molar-refractivity contribution >= 4 is 17.1 Å². The van der Waals surface area contributed by atoms with Crippen LogP contribution in [0.2, 0.25) is 0 Å². The Morgan fingerprint density at radius 1 is 1.03 bits per heavy atom. The van der Waals surface area contributed by atoms with E-state index in [1.807, 2.05) is 12.1 Å². The number of halogens is 1. The predicted molar refractivity (Wildman–Crippen MR) is 111 cm³/mol. The van der Waals surface area contributed by atoms with Crippen molar-refractivity contribution in [2.45, 2.75) is 37.8 Å². The van der Waals surface area contributed by atoms with E-state index >= 15 is 0 Å². The van der Waals surface area contributed by atoms with Crippen LogP contribution in [-0.4, -0.2) is 25.8 Å². The molecule has 0 aliphatic heterocycles. The maximum Gasteiger partial charge on any atom is 0.295 e. The largest absolute Gasteiger partial charge is 0.423 e. The fraction of sp³-hybridized carbons (Fsp3) is 0.273. The molecule has 0 spiro atoms. The SMILES string of the molecule is O=c1ccc(-c2ccncc2)nn1C1CCC(Nc2nc3ccc(F)cc3o2)CC1. The molecule has 1 N–H and O–H groups in total. The lowest BCUT2D eigenvalue weighted by Crippen LogP contribution is -2.33. The van der Waals surface area contributed by atoms with Crippen LogP contribution in [0.3, 0.4) is 0 Å². The number of fused-ring (bicyclic) bond motifs is 1. The molecule has 8 heteroatoms. The summed E-state index contributed by atoms with van der Waals surface area (Å²) in [6.45, 7) is 0. The molecule has 0 bridgehead atoms. The summed E-state index contributed by atoms with van der Waals surface area (Å²) in [5.41, 5.74) is 2.65. The molecule has 30 heavy (non-hydrogen) atoms. The fourth-order valence-corrected chi connectivity index (χ4v) is 3.96. The Kier molecular flexibility index (Phi) is 4.74. The molecule has 1 aliphatic rings. The number of pyridine rings is 1. The standard InChI is InChI=1S/C22H20FN5O2/c23-15-1-6-19-20(13-15)30-22(26-19)25-16-2-4-17(5-3-16)28-21(29)8-7-18(27-28)14-9-11-24-12-10-14/h1,6-13,16-17H,2-5H2,(H,25,26). The average Bonchev–Trinajstić information content (AvgIpc) is 3.17. The molecular weight excluding hydrogens is 385 g/mol. The highest BCUT2D eigenvalue weighted by molar-refractivity contribution is 5.74. The molecule has 4 aromatic rings. The molecule has 1 aromatic carbocycles. The van der Waals surface area contributed by atoms with Gasteiger partial charge in [0.05, 0.1) is 11.7 Å². The summed E-state index contributed by atoms with van der Waals surface area (Å²) in [6, 6.07) is 12.0. The predicted octanol–water partition coefficient (Wildman–Crippen LogP) is 4.18. The Hall–Kier alpha value is -3.55. The van der Waals surface area contributed by atoms with Crippen LogP contribution >= 0.6 is 0 Å². The Bertz CT molecular complexity index is 1230. The van der Waals surface area contributed by atoms with Gasteiger partial charge in [-0.15, -0.1) is 0 Å². The normalized spacial score (nSPS) is 19.1. The highest BCUT2D eigenvalue weighted by atomic mass is 19.1. The van der Waals surface area contributed by atoms with Gasteiger partial charge in [-0.25, -0.2) is 9.07 Å². The third-order valence-corrected chi connectivity index (χ3v) is 5.52. The highest BCUT2D eigenvalue weighted by Crippen LogP contribution is 2.30. The number of hydrogen-bond donors (Lipinski definition) is 1. The number of hydrogen-bond acceptors (Lipinski definition) is 6. The van der Waals surface area contributed by atoms with Crippen molar-refractivity contribution in [2.24, 2.45) is 0 Å². The zero-order valence-corrected chi connectivity index (χ0v) is 16.2. The van der Waals surface area contributed by atoms with Gasteiger partial charge in [0.15, 0.2) is 5.58 Å². The number of benzene rings is 1. The van der Waals surface area contributed by atoms with Gasteiger partial charge in [0, 0.05) is 36.1 Å². The molecule has 152 valence electrons. The summed E-state index contributed by atoms with van der Waals surface area (Å²) in [5, 5.41) is 7.90. The molecule has 0 amide bonds. The van der Waals surface area contributed by atoms with E-state index in [1.54, 1.807) is 35.3 Å². The van der Waals surface area contributed by atoms with Crippen molar-refractivity contribution in [3.8, 4) is 11.3 Å². The van der Waals surface area contributed by atoms with E-state index in [1.165, 1.54) is 12.1 Å². The number of rotatable bonds is 4. The quantitative estimate of drug-likeness (QED) is 0.548.